The first-order valence-corrected chi connectivity index (χ1v) is 8.53. The first kappa shape index (κ1) is 19.9. The van der Waals surface area contributed by atoms with Gasteiger partial charge in [-0.3, -0.25) is 0 Å². The number of tetrazole rings is 1. The van der Waals surface area contributed by atoms with Gasteiger partial charge in [-0.1, -0.05) is 49.3 Å². The van der Waals surface area contributed by atoms with Crippen LogP contribution in [0.25, 0.3) is 5.69 Å². The molecule has 2 aromatic carbocycles. The fourth-order valence-electron chi connectivity index (χ4n) is 2.42. The molecule has 0 aliphatic rings. The van der Waals surface area contributed by atoms with Crippen LogP contribution in [-0.4, -0.2) is 26.8 Å². The Kier molecular flexibility index (Phi) is 7.56. The molecule has 7 heteroatoms. The number of para-hydroxylation sites is 1. The summed E-state index contributed by atoms with van der Waals surface area (Å²) in [5, 5.41) is 15.2. The Balaban J connectivity index is 0.00000243. The summed E-state index contributed by atoms with van der Waals surface area (Å²) >= 11 is 0. The van der Waals surface area contributed by atoms with E-state index in [1.54, 1.807) is 4.68 Å². The van der Waals surface area contributed by atoms with Crippen molar-refractivity contribution in [3.8, 4) is 17.4 Å². The molecule has 0 saturated heterocycles. The maximum absolute atomic E-state index is 5.89. The summed E-state index contributed by atoms with van der Waals surface area (Å²) in [4.78, 5) is 0. The molecule has 0 bridgehead atoms. The average Bonchev–Trinajstić information content (AvgIpc) is 3.08. The molecule has 3 rings (SSSR count). The first-order chi connectivity index (χ1) is 12.2. The summed E-state index contributed by atoms with van der Waals surface area (Å²) in [5.74, 6) is 1.43. The summed E-state index contributed by atoms with van der Waals surface area (Å²) in [5.41, 5.74) is 2.02. The van der Waals surface area contributed by atoms with Gasteiger partial charge in [-0.2, -0.15) is 4.68 Å². The number of halogens is 1. The molecule has 138 valence electrons. The van der Waals surface area contributed by atoms with Gasteiger partial charge in [0.05, 0.1) is 5.69 Å². The summed E-state index contributed by atoms with van der Waals surface area (Å²) in [6, 6.07) is 18.0. The lowest BCUT2D eigenvalue weighted by Gasteiger charge is -2.09. The molecule has 0 fully saturated rings. The predicted molar refractivity (Wildman–Crippen MR) is 104 cm³/mol. The van der Waals surface area contributed by atoms with E-state index in [-0.39, 0.29) is 12.4 Å². The summed E-state index contributed by atoms with van der Waals surface area (Å²) in [6.45, 7) is 6.28. The third-order valence-electron chi connectivity index (χ3n) is 3.78. The maximum atomic E-state index is 5.89. The van der Waals surface area contributed by atoms with Crippen molar-refractivity contribution in [1.82, 2.24) is 25.5 Å². The molecule has 0 aliphatic heterocycles. The van der Waals surface area contributed by atoms with Crippen LogP contribution in [0.4, 0.5) is 0 Å². The van der Waals surface area contributed by atoms with Gasteiger partial charge in [0, 0.05) is 6.54 Å². The van der Waals surface area contributed by atoms with Crippen molar-refractivity contribution < 1.29 is 4.74 Å². The van der Waals surface area contributed by atoms with Crippen LogP contribution in [0.15, 0.2) is 54.6 Å². The highest BCUT2D eigenvalue weighted by Crippen LogP contribution is 2.22. The zero-order valence-corrected chi connectivity index (χ0v) is 15.8. The van der Waals surface area contributed by atoms with Crippen LogP contribution in [0.3, 0.4) is 0 Å². The van der Waals surface area contributed by atoms with Gasteiger partial charge in [0.1, 0.15) is 5.75 Å². The molecule has 0 amide bonds. The van der Waals surface area contributed by atoms with E-state index < -0.39 is 0 Å². The van der Waals surface area contributed by atoms with Gasteiger partial charge >= 0.3 is 6.01 Å². The smallest absolute Gasteiger partial charge is 0.345 e. The molecule has 6 nitrogen and oxygen atoms in total. The highest BCUT2D eigenvalue weighted by Gasteiger charge is 2.10. The van der Waals surface area contributed by atoms with Gasteiger partial charge in [0.2, 0.25) is 0 Å². The number of ether oxygens (including phenoxy) is 1. The maximum Gasteiger partial charge on any atom is 0.345 e. The minimum Gasteiger partial charge on any atom is -0.423 e. The van der Waals surface area contributed by atoms with Gasteiger partial charge in [-0.25, -0.2) is 0 Å². The van der Waals surface area contributed by atoms with Gasteiger partial charge < -0.3 is 10.1 Å². The van der Waals surface area contributed by atoms with Crippen LogP contribution in [0.5, 0.6) is 11.8 Å². The molecule has 0 atom stereocenters. The van der Waals surface area contributed by atoms with Crippen LogP contribution in [0.2, 0.25) is 0 Å². The minimum atomic E-state index is 0. The molecule has 3 aromatic rings. The Hall–Kier alpha value is -2.44. The van der Waals surface area contributed by atoms with Gasteiger partial charge in [0.15, 0.2) is 0 Å². The Labute approximate surface area is 160 Å². The van der Waals surface area contributed by atoms with E-state index in [9.17, 15) is 0 Å². The normalized spacial score (nSPS) is 10.6. The van der Waals surface area contributed by atoms with Crippen molar-refractivity contribution in [3.63, 3.8) is 0 Å². The van der Waals surface area contributed by atoms with Crippen molar-refractivity contribution in [3.05, 3.63) is 60.2 Å². The monoisotopic (exact) mass is 373 g/mol. The van der Waals surface area contributed by atoms with E-state index in [1.807, 2.05) is 48.5 Å². The number of hydrogen-bond acceptors (Lipinski definition) is 5. The summed E-state index contributed by atoms with van der Waals surface area (Å²) < 4.78 is 7.47. The quantitative estimate of drug-likeness (QED) is 0.604. The fourth-order valence-corrected chi connectivity index (χ4v) is 2.42. The van der Waals surface area contributed by atoms with Crippen LogP contribution in [-0.2, 0) is 6.54 Å². The summed E-state index contributed by atoms with van der Waals surface area (Å²) in [7, 11) is 0. The van der Waals surface area contributed by atoms with E-state index >= 15 is 0 Å². The van der Waals surface area contributed by atoms with E-state index in [4.69, 9.17) is 4.74 Å². The molecular formula is C19H24ClN5O. The van der Waals surface area contributed by atoms with E-state index in [1.165, 1.54) is 12.0 Å². The van der Waals surface area contributed by atoms with Crippen LogP contribution >= 0.6 is 12.4 Å². The largest absolute Gasteiger partial charge is 0.423 e. The molecule has 1 aromatic heterocycles. The van der Waals surface area contributed by atoms with E-state index in [2.05, 4.69) is 40.8 Å². The minimum absolute atomic E-state index is 0. The Morgan fingerprint density at radius 3 is 2.65 bits per heavy atom. The molecule has 0 radical (unpaired) electrons. The molecule has 0 aliphatic carbocycles. The number of nitrogens with zero attached hydrogens (tertiary/aromatic N) is 4. The average molecular weight is 374 g/mol. The molecule has 0 spiro atoms. The number of hydrogen-bond donors (Lipinski definition) is 1. The molecule has 0 saturated carbocycles. The third-order valence-corrected chi connectivity index (χ3v) is 3.78. The van der Waals surface area contributed by atoms with Crippen molar-refractivity contribution in [1.29, 1.82) is 0 Å². The summed E-state index contributed by atoms with van der Waals surface area (Å²) in [6.07, 6.45) is 1.17. The van der Waals surface area contributed by atoms with Crippen LogP contribution in [0.1, 0.15) is 25.8 Å². The van der Waals surface area contributed by atoms with Gasteiger partial charge in [-0.15, -0.1) is 12.4 Å². The number of benzene rings is 2. The van der Waals surface area contributed by atoms with E-state index in [0.717, 1.165) is 24.5 Å². The van der Waals surface area contributed by atoms with Crippen molar-refractivity contribution >= 4 is 12.4 Å². The second-order valence-corrected chi connectivity index (χ2v) is 6.32. The molecule has 26 heavy (non-hydrogen) atoms. The fraction of sp³-hybridized carbons (Fsp3) is 0.316. The molecular weight excluding hydrogens is 350 g/mol. The van der Waals surface area contributed by atoms with Crippen LogP contribution in [0, 0.1) is 5.92 Å². The lowest BCUT2D eigenvalue weighted by molar-refractivity contribution is 0.426. The third kappa shape index (κ3) is 5.54. The van der Waals surface area contributed by atoms with Crippen molar-refractivity contribution in [2.45, 2.75) is 26.8 Å². The SMILES string of the molecule is CC(C)CCNCc1cccc(Oc2nnnn2-c2ccccc2)c1.Cl. The second-order valence-electron chi connectivity index (χ2n) is 6.32. The lowest BCUT2D eigenvalue weighted by atomic mass is 10.1. The van der Waals surface area contributed by atoms with Gasteiger partial charge in [-0.05, 0) is 59.1 Å². The van der Waals surface area contributed by atoms with Crippen molar-refractivity contribution in [2.24, 2.45) is 5.92 Å². The Morgan fingerprint density at radius 1 is 1.08 bits per heavy atom. The lowest BCUT2D eigenvalue weighted by Crippen LogP contribution is -2.16. The number of aromatic nitrogens is 4. The van der Waals surface area contributed by atoms with Gasteiger partial charge in [0.25, 0.3) is 0 Å². The van der Waals surface area contributed by atoms with Crippen LogP contribution < -0.4 is 10.1 Å². The number of nitrogens with one attached hydrogen (secondary N) is 1. The van der Waals surface area contributed by atoms with Crippen molar-refractivity contribution in [2.75, 3.05) is 6.54 Å². The standard InChI is InChI=1S/C19H23N5O.ClH/c1-15(2)11-12-20-14-16-7-6-10-18(13-16)25-19-21-22-23-24(19)17-8-4-3-5-9-17;/h3-10,13,15,20H,11-12,14H2,1-2H3;1H. The number of rotatable bonds is 8. The highest BCUT2D eigenvalue weighted by atomic mass is 35.5. The Bertz CT molecular complexity index is 791. The second kappa shape index (κ2) is 9.89. The molecule has 1 heterocycles. The topological polar surface area (TPSA) is 64.9 Å². The van der Waals surface area contributed by atoms with E-state index in [0.29, 0.717) is 11.9 Å². The first-order valence-electron chi connectivity index (χ1n) is 8.53. The molecule has 0 unspecified atom stereocenters. The Morgan fingerprint density at radius 2 is 1.88 bits per heavy atom. The molecule has 1 N–H and O–H groups in total. The zero-order valence-electron chi connectivity index (χ0n) is 15.0. The zero-order chi connectivity index (χ0) is 17.5. The highest BCUT2D eigenvalue weighted by molar-refractivity contribution is 5.85. The predicted octanol–water partition coefficient (Wildman–Crippen LogP) is 4.01.